The fourth-order valence-electron chi connectivity index (χ4n) is 0.986. The number of carbonyl (C=O) groups excluding carboxylic acids is 1. The summed E-state index contributed by atoms with van der Waals surface area (Å²) in [5, 5.41) is 0.456. The summed E-state index contributed by atoms with van der Waals surface area (Å²) in [5.41, 5.74) is -0.0392. The first-order valence-corrected chi connectivity index (χ1v) is 4.95. The van der Waals surface area contributed by atoms with Crippen molar-refractivity contribution < 1.29 is 4.79 Å². The number of aromatic nitrogens is 1. The average molecular weight is 232 g/mol. The summed E-state index contributed by atoms with van der Waals surface area (Å²) < 4.78 is 0. The average Bonchev–Trinajstić information content (AvgIpc) is 2.01. The molecule has 1 heterocycles. The molecule has 1 aromatic rings. The van der Waals surface area contributed by atoms with E-state index in [9.17, 15) is 4.79 Å². The molecule has 0 aliphatic heterocycles. The fraction of sp³-hybridized carbons (Fsp3) is 0.400. The molecule has 0 saturated carbocycles. The zero-order chi connectivity index (χ0) is 10.9. The lowest BCUT2D eigenvalue weighted by Gasteiger charge is -2.16. The molecule has 0 radical (unpaired) electrons. The van der Waals surface area contributed by atoms with Crippen LogP contribution in [0.1, 0.15) is 31.1 Å². The third-order valence-corrected chi connectivity index (χ3v) is 2.24. The van der Waals surface area contributed by atoms with Crippen molar-refractivity contribution >= 4 is 29.0 Å². The Hall–Kier alpha value is -0.600. The van der Waals surface area contributed by atoms with Crippen LogP contribution in [0.5, 0.6) is 0 Å². The Kier molecular flexibility index (Phi) is 3.17. The summed E-state index contributed by atoms with van der Waals surface area (Å²) >= 11 is 11.4. The maximum Gasteiger partial charge on any atom is 0.171 e. The first kappa shape index (κ1) is 11.5. The van der Waals surface area contributed by atoms with Crippen LogP contribution < -0.4 is 0 Å². The molecule has 0 bridgehead atoms. The smallest absolute Gasteiger partial charge is 0.171 e. The summed E-state index contributed by atoms with van der Waals surface area (Å²) in [6, 6.07) is 3.16. The van der Waals surface area contributed by atoms with Gasteiger partial charge >= 0.3 is 0 Å². The van der Waals surface area contributed by atoms with Gasteiger partial charge in [0.2, 0.25) is 0 Å². The summed E-state index contributed by atoms with van der Waals surface area (Å²) in [7, 11) is 0. The Morgan fingerprint density at radius 1 is 1.29 bits per heavy atom. The van der Waals surface area contributed by atoms with E-state index >= 15 is 0 Å². The van der Waals surface area contributed by atoms with Crippen LogP contribution in [0.25, 0.3) is 0 Å². The Balaban J connectivity index is 3.15. The highest BCUT2D eigenvalue weighted by Crippen LogP contribution is 2.25. The van der Waals surface area contributed by atoms with Gasteiger partial charge in [0.25, 0.3) is 0 Å². The molecular formula is C10H11Cl2NO. The predicted octanol–water partition coefficient (Wildman–Crippen LogP) is 3.62. The Labute approximate surface area is 93.2 Å². The number of hydrogen-bond acceptors (Lipinski definition) is 2. The number of halogens is 2. The summed E-state index contributed by atoms with van der Waals surface area (Å²) in [4.78, 5) is 15.6. The number of hydrogen-bond donors (Lipinski definition) is 0. The highest BCUT2D eigenvalue weighted by Gasteiger charge is 2.25. The van der Waals surface area contributed by atoms with E-state index in [-0.39, 0.29) is 10.9 Å². The van der Waals surface area contributed by atoms with Gasteiger partial charge < -0.3 is 0 Å². The number of pyridine rings is 1. The zero-order valence-corrected chi connectivity index (χ0v) is 9.78. The lowest BCUT2D eigenvalue weighted by molar-refractivity contribution is 0.0858. The van der Waals surface area contributed by atoms with Crippen LogP contribution in [0.3, 0.4) is 0 Å². The predicted molar refractivity (Wildman–Crippen MR) is 58.0 cm³/mol. The zero-order valence-electron chi connectivity index (χ0n) is 8.27. The van der Waals surface area contributed by atoms with Gasteiger partial charge in [0.15, 0.2) is 5.78 Å². The largest absolute Gasteiger partial charge is 0.293 e. The van der Waals surface area contributed by atoms with Crippen LogP contribution in [0.15, 0.2) is 12.1 Å². The Morgan fingerprint density at radius 2 is 1.86 bits per heavy atom. The molecule has 0 saturated heterocycles. The Bertz CT molecular complexity index is 369. The van der Waals surface area contributed by atoms with E-state index in [0.717, 1.165) is 0 Å². The molecule has 0 aliphatic rings. The standard InChI is InChI=1S/C10H11Cl2NO/c1-10(2,3)8(14)6-4-5-7(11)13-9(6)12/h4-5H,1-3H3. The summed E-state index contributed by atoms with van der Waals surface area (Å²) in [5.74, 6) is -0.0355. The van der Waals surface area contributed by atoms with Crippen LogP contribution in [0.2, 0.25) is 10.3 Å². The molecule has 2 nitrogen and oxygen atoms in total. The number of carbonyl (C=O) groups is 1. The van der Waals surface area contributed by atoms with Gasteiger partial charge in [-0.05, 0) is 12.1 Å². The van der Waals surface area contributed by atoms with E-state index in [1.807, 2.05) is 20.8 Å². The summed E-state index contributed by atoms with van der Waals surface area (Å²) in [6.45, 7) is 5.50. The molecule has 0 unspecified atom stereocenters. The second kappa shape index (κ2) is 3.87. The molecule has 0 fully saturated rings. The van der Waals surface area contributed by atoms with Gasteiger partial charge in [0.1, 0.15) is 10.3 Å². The minimum absolute atomic E-state index is 0.0355. The lowest BCUT2D eigenvalue weighted by atomic mass is 9.87. The van der Waals surface area contributed by atoms with Crippen LogP contribution >= 0.6 is 23.2 Å². The van der Waals surface area contributed by atoms with E-state index in [2.05, 4.69) is 4.98 Å². The fourth-order valence-corrected chi connectivity index (χ4v) is 1.42. The second-order valence-corrected chi connectivity index (χ2v) is 4.80. The van der Waals surface area contributed by atoms with Gasteiger partial charge in [-0.3, -0.25) is 4.79 Å². The monoisotopic (exact) mass is 231 g/mol. The van der Waals surface area contributed by atoms with Crippen molar-refractivity contribution in [2.24, 2.45) is 5.41 Å². The lowest BCUT2D eigenvalue weighted by Crippen LogP contribution is -2.20. The van der Waals surface area contributed by atoms with Gasteiger partial charge in [0.05, 0.1) is 5.56 Å². The highest BCUT2D eigenvalue weighted by atomic mass is 35.5. The van der Waals surface area contributed by atoms with Crippen molar-refractivity contribution in [2.75, 3.05) is 0 Å². The van der Waals surface area contributed by atoms with Gasteiger partial charge in [-0.1, -0.05) is 44.0 Å². The van der Waals surface area contributed by atoms with Crippen molar-refractivity contribution in [3.8, 4) is 0 Å². The maximum absolute atomic E-state index is 11.8. The molecule has 0 aromatic carbocycles. The molecule has 4 heteroatoms. The molecular weight excluding hydrogens is 221 g/mol. The molecule has 0 amide bonds. The van der Waals surface area contributed by atoms with Gasteiger partial charge in [-0.15, -0.1) is 0 Å². The minimum Gasteiger partial charge on any atom is -0.293 e. The second-order valence-electron chi connectivity index (χ2n) is 4.05. The first-order chi connectivity index (χ1) is 6.32. The van der Waals surface area contributed by atoms with E-state index in [1.165, 1.54) is 0 Å². The van der Waals surface area contributed by atoms with Crippen LogP contribution in [-0.4, -0.2) is 10.8 Å². The van der Waals surface area contributed by atoms with Crippen molar-refractivity contribution in [1.29, 1.82) is 0 Å². The molecule has 0 spiro atoms. The van der Waals surface area contributed by atoms with Crippen LogP contribution in [0.4, 0.5) is 0 Å². The number of ketones is 1. The number of rotatable bonds is 1. The topological polar surface area (TPSA) is 30.0 Å². The molecule has 0 atom stereocenters. The van der Waals surface area contributed by atoms with Gasteiger partial charge in [0, 0.05) is 5.41 Å². The van der Waals surface area contributed by atoms with E-state index in [1.54, 1.807) is 12.1 Å². The number of nitrogens with zero attached hydrogens (tertiary/aromatic N) is 1. The third kappa shape index (κ3) is 2.46. The van der Waals surface area contributed by atoms with Gasteiger partial charge in [-0.2, -0.15) is 0 Å². The van der Waals surface area contributed by atoms with Crippen molar-refractivity contribution in [2.45, 2.75) is 20.8 Å². The SMILES string of the molecule is CC(C)(C)C(=O)c1ccc(Cl)nc1Cl. The molecule has 76 valence electrons. The molecule has 14 heavy (non-hydrogen) atoms. The third-order valence-electron chi connectivity index (χ3n) is 1.74. The number of Topliss-reactive ketones (excluding diaryl/α,β-unsaturated/α-hetero) is 1. The normalized spacial score (nSPS) is 11.5. The minimum atomic E-state index is -0.459. The van der Waals surface area contributed by atoms with Crippen molar-refractivity contribution in [1.82, 2.24) is 4.98 Å². The maximum atomic E-state index is 11.8. The quantitative estimate of drug-likeness (QED) is 0.546. The van der Waals surface area contributed by atoms with E-state index in [0.29, 0.717) is 10.7 Å². The Morgan fingerprint density at radius 3 is 2.29 bits per heavy atom. The molecule has 0 aliphatic carbocycles. The van der Waals surface area contributed by atoms with Gasteiger partial charge in [-0.25, -0.2) is 4.98 Å². The van der Waals surface area contributed by atoms with Crippen molar-refractivity contribution in [3.05, 3.63) is 28.0 Å². The highest BCUT2D eigenvalue weighted by molar-refractivity contribution is 6.34. The van der Waals surface area contributed by atoms with Crippen LogP contribution in [0, 0.1) is 5.41 Å². The molecule has 0 N–H and O–H groups in total. The molecule has 1 rings (SSSR count). The van der Waals surface area contributed by atoms with Crippen LogP contribution in [-0.2, 0) is 0 Å². The van der Waals surface area contributed by atoms with E-state index in [4.69, 9.17) is 23.2 Å². The van der Waals surface area contributed by atoms with E-state index < -0.39 is 5.41 Å². The van der Waals surface area contributed by atoms with Crippen molar-refractivity contribution in [3.63, 3.8) is 0 Å². The molecule has 1 aromatic heterocycles. The summed E-state index contributed by atoms with van der Waals surface area (Å²) in [6.07, 6.45) is 0. The first-order valence-electron chi connectivity index (χ1n) is 4.19.